The summed E-state index contributed by atoms with van der Waals surface area (Å²) in [6.07, 6.45) is 2.57. The minimum atomic E-state index is -1.04. The molecule has 6 heteroatoms. The molecular formula is C21H36O6. The van der Waals surface area contributed by atoms with Gasteiger partial charge in [-0.3, -0.25) is 19.2 Å². The summed E-state index contributed by atoms with van der Waals surface area (Å²) in [5.74, 6) is -1.83. The second-order valence-corrected chi connectivity index (χ2v) is 8.29. The van der Waals surface area contributed by atoms with E-state index in [4.69, 9.17) is 5.11 Å². The lowest BCUT2D eigenvalue weighted by atomic mass is 9.86. The molecule has 0 rings (SSSR count). The maximum absolute atomic E-state index is 12.2. The van der Waals surface area contributed by atoms with Crippen LogP contribution in [-0.2, 0) is 19.2 Å². The Morgan fingerprint density at radius 2 is 1.48 bits per heavy atom. The van der Waals surface area contributed by atoms with E-state index in [9.17, 15) is 24.3 Å². The fraction of sp³-hybridized carbons (Fsp3) is 0.810. The van der Waals surface area contributed by atoms with E-state index in [1.54, 1.807) is 20.8 Å². The summed E-state index contributed by atoms with van der Waals surface area (Å²) in [5, 5.41) is 19.0. The smallest absolute Gasteiger partial charge is 0.145 e. The van der Waals surface area contributed by atoms with E-state index in [1.807, 2.05) is 0 Å². The molecule has 0 amide bonds. The van der Waals surface area contributed by atoms with Crippen molar-refractivity contribution < 1.29 is 29.4 Å². The van der Waals surface area contributed by atoms with E-state index in [1.165, 1.54) is 6.92 Å². The van der Waals surface area contributed by atoms with Crippen molar-refractivity contribution in [2.45, 2.75) is 91.6 Å². The zero-order chi connectivity index (χ0) is 21.0. The summed E-state index contributed by atoms with van der Waals surface area (Å²) in [7, 11) is 0. The number of hydrogen-bond acceptors (Lipinski definition) is 6. The van der Waals surface area contributed by atoms with E-state index >= 15 is 0 Å². The first-order chi connectivity index (χ1) is 12.5. The van der Waals surface area contributed by atoms with Gasteiger partial charge in [0.2, 0.25) is 0 Å². The van der Waals surface area contributed by atoms with Crippen molar-refractivity contribution >= 4 is 23.1 Å². The standard InChI is InChI=1S/C21H36O6/c1-15(23)20(17(25)11-6-5-9-13-22)18(26)12-8-7-10-16(24)14-19(27)21(2,3)4/h18,20,22,26H,5-14H2,1-4H3. The Hall–Kier alpha value is -1.40. The first kappa shape index (κ1) is 25.6. The molecule has 0 bridgehead atoms. The van der Waals surface area contributed by atoms with E-state index in [0.717, 1.165) is 0 Å². The molecule has 0 fully saturated rings. The van der Waals surface area contributed by atoms with Crippen molar-refractivity contribution in [2.75, 3.05) is 6.61 Å². The molecule has 2 atom stereocenters. The molecule has 0 aromatic rings. The zero-order valence-corrected chi connectivity index (χ0v) is 17.3. The molecule has 0 aromatic heterocycles. The third-order valence-electron chi connectivity index (χ3n) is 4.65. The van der Waals surface area contributed by atoms with Crippen LogP contribution in [-0.4, -0.2) is 46.1 Å². The summed E-state index contributed by atoms with van der Waals surface area (Å²) in [6, 6.07) is 0. The van der Waals surface area contributed by atoms with Crippen LogP contribution in [0.5, 0.6) is 0 Å². The normalized spacial score (nSPS) is 13.9. The van der Waals surface area contributed by atoms with Gasteiger partial charge in [0, 0.05) is 24.9 Å². The molecule has 2 unspecified atom stereocenters. The number of carbonyl (C=O) groups is 4. The molecule has 0 heterocycles. The second-order valence-electron chi connectivity index (χ2n) is 8.29. The Bertz CT molecular complexity index is 503. The highest BCUT2D eigenvalue weighted by molar-refractivity contribution is 6.02. The van der Waals surface area contributed by atoms with Gasteiger partial charge < -0.3 is 10.2 Å². The van der Waals surface area contributed by atoms with Crippen LogP contribution in [0.4, 0.5) is 0 Å². The summed E-state index contributed by atoms with van der Waals surface area (Å²) in [6.45, 7) is 6.72. The van der Waals surface area contributed by atoms with Crippen LogP contribution < -0.4 is 0 Å². The second kappa shape index (κ2) is 12.9. The number of carbonyl (C=O) groups excluding carboxylic acids is 4. The molecule has 0 spiro atoms. The first-order valence-corrected chi connectivity index (χ1v) is 9.87. The number of hydrogen-bond donors (Lipinski definition) is 2. The molecule has 0 saturated heterocycles. The van der Waals surface area contributed by atoms with Crippen LogP contribution in [0, 0.1) is 11.3 Å². The van der Waals surface area contributed by atoms with Gasteiger partial charge in [0.05, 0.1) is 12.5 Å². The van der Waals surface area contributed by atoms with Crippen molar-refractivity contribution in [1.29, 1.82) is 0 Å². The SMILES string of the molecule is CC(=O)C(C(=O)CCCCCO)C(O)CCCCC(=O)CC(=O)C(C)(C)C. The van der Waals surface area contributed by atoms with Gasteiger partial charge in [-0.05, 0) is 32.6 Å². The predicted molar refractivity (Wildman–Crippen MR) is 103 cm³/mol. The number of Topliss-reactive ketones (excluding diaryl/α,β-unsaturated/α-hetero) is 4. The molecule has 0 aromatic carbocycles. The lowest BCUT2D eigenvalue weighted by Crippen LogP contribution is -2.34. The molecule has 0 radical (unpaired) electrons. The molecule has 27 heavy (non-hydrogen) atoms. The van der Waals surface area contributed by atoms with Crippen LogP contribution in [0.15, 0.2) is 0 Å². The number of aliphatic hydroxyl groups excluding tert-OH is 2. The quantitative estimate of drug-likeness (QED) is 0.332. The fourth-order valence-electron chi connectivity index (χ4n) is 2.83. The molecular weight excluding hydrogens is 348 g/mol. The first-order valence-electron chi connectivity index (χ1n) is 9.87. The van der Waals surface area contributed by atoms with Gasteiger partial charge in [0.15, 0.2) is 0 Å². The third-order valence-corrected chi connectivity index (χ3v) is 4.65. The lowest BCUT2D eigenvalue weighted by molar-refractivity contribution is -0.137. The highest BCUT2D eigenvalue weighted by atomic mass is 16.3. The molecule has 0 aliphatic rings. The Morgan fingerprint density at radius 3 is 2.00 bits per heavy atom. The number of unbranched alkanes of at least 4 members (excludes halogenated alkanes) is 3. The highest BCUT2D eigenvalue weighted by Gasteiger charge is 2.30. The van der Waals surface area contributed by atoms with Crippen LogP contribution in [0.25, 0.3) is 0 Å². The Morgan fingerprint density at radius 1 is 0.889 bits per heavy atom. The molecule has 6 nitrogen and oxygen atoms in total. The number of ketones is 4. The summed E-state index contributed by atoms with van der Waals surface area (Å²) in [4.78, 5) is 47.7. The monoisotopic (exact) mass is 384 g/mol. The number of aliphatic hydroxyl groups is 2. The lowest BCUT2D eigenvalue weighted by Gasteiger charge is -2.19. The van der Waals surface area contributed by atoms with Crippen molar-refractivity contribution in [3.8, 4) is 0 Å². The van der Waals surface area contributed by atoms with Crippen LogP contribution in [0.2, 0.25) is 0 Å². The minimum Gasteiger partial charge on any atom is -0.396 e. The third kappa shape index (κ3) is 11.1. The maximum atomic E-state index is 12.2. The molecule has 2 N–H and O–H groups in total. The maximum Gasteiger partial charge on any atom is 0.145 e. The van der Waals surface area contributed by atoms with E-state index in [-0.39, 0.29) is 55.4 Å². The average molecular weight is 385 g/mol. The minimum absolute atomic E-state index is 0.0749. The van der Waals surface area contributed by atoms with E-state index < -0.39 is 17.4 Å². The van der Waals surface area contributed by atoms with Crippen molar-refractivity contribution in [3.63, 3.8) is 0 Å². The van der Waals surface area contributed by atoms with E-state index in [2.05, 4.69) is 0 Å². The molecule has 0 aliphatic heterocycles. The van der Waals surface area contributed by atoms with Gasteiger partial charge >= 0.3 is 0 Å². The van der Waals surface area contributed by atoms with Crippen LogP contribution in [0.1, 0.15) is 85.5 Å². The predicted octanol–water partition coefficient (Wildman–Crippen LogP) is 2.81. The summed E-state index contributed by atoms with van der Waals surface area (Å²) >= 11 is 0. The van der Waals surface area contributed by atoms with Crippen molar-refractivity contribution in [2.24, 2.45) is 11.3 Å². The average Bonchev–Trinajstić information content (AvgIpc) is 2.54. The van der Waals surface area contributed by atoms with Gasteiger partial charge in [-0.25, -0.2) is 0 Å². The Labute approximate surface area is 162 Å². The van der Waals surface area contributed by atoms with Crippen LogP contribution >= 0.6 is 0 Å². The largest absolute Gasteiger partial charge is 0.396 e. The van der Waals surface area contributed by atoms with Crippen molar-refractivity contribution in [3.05, 3.63) is 0 Å². The summed E-state index contributed by atoms with van der Waals surface area (Å²) < 4.78 is 0. The topological polar surface area (TPSA) is 109 Å². The van der Waals surface area contributed by atoms with E-state index in [0.29, 0.717) is 32.1 Å². The highest BCUT2D eigenvalue weighted by Crippen LogP contribution is 2.20. The van der Waals surface area contributed by atoms with Crippen LogP contribution in [0.3, 0.4) is 0 Å². The fourth-order valence-corrected chi connectivity index (χ4v) is 2.83. The Kier molecular flexibility index (Phi) is 12.2. The Balaban J connectivity index is 4.29. The molecule has 0 aliphatic carbocycles. The summed E-state index contributed by atoms with van der Waals surface area (Å²) in [5.41, 5.74) is -0.530. The van der Waals surface area contributed by atoms with Crippen molar-refractivity contribution in [1.82, 2.24) is 0 Å². The van der Waals surface area contributed by atoms with Gasteiger partial charge in [-0.15, -0.1) is 0 Å². The van der Waals surface area contributed by atoms with Gasteiger partial charge in [-0.1, -0.05) is 33.6 Å². The van der Waals surface area contributed by atoms with Gasteiger partial charge in [0.25, 0.3) is 0 Å². The van der Waals surface area contributed by atoms with Gasteiger partial charge in [0.1, 0.15) is 29.1 Å². The van der Waals surface area contributed by atoms with Gasteiger partial charge in [-0.2, -0.15) is 0 Å². The zero-order valence-electron chi connectivity index (χ0n) is 17.3. The molecule has 0 saturated carbocycles. The molecule has 156 valence electrons. The number of rotatable bonds is 15.